The number of hydrogen-bond acceptors (Lipinski definition) is 9. The minimum absolute atomic E-state index is 0.0710. The summed E-state index contributed by atoms with van der Waals surface area (Å²) < 4.78 is 37.9. The van der Waals surface area contributed by atoms with Crippen molar-refractivity contribution in [3.63, 3.8) is 0 Å². The second-order valence-corrected chi connectivity index (χ2v) is 13.6. The molecule has 4 rings (SSSR count). The van der Waals surface area contributed by atoms with Gasteiger partial charge in [0.05, 0.1) is 18.0 Å². The molecule has 2 heterocycles. The van der Waals surface area contributed by atoms with E-state index in [4.69, 9.17) is 9.47 Å². The molecule has 1 saturated heterocycles. The predicted octanol–water partition coefficient (Wildman–Crippen LogP) is -0.309. The zero-order chi connectivity index (χ0) is 28.6. The molecule has 3 fully saturated rings. The number of fused-ring (bicyclic) bond motifs is 2. The van der Waals surface area contributed by atoms with E-state index in [1.807, 2.05) is 0 Å². The monoisotopic (exact) mass is 570 g/mol. The summed E-state index contributed by atoms with van der Waals surface area (Å²) in [6.07, 6.45) is 3.29. The lowest BCUT2D eigenvalue weighted by Gasteiger charge is -2.30. The molecule has 0 bridgehead atoms. The first-order valence-electron chi connectivity index (χ1n) is 13.3. The molecule has 2 aliphatic carbocycles. The minimum atomic E-state index is -3.85. The fourth-order valence-corrected chi connectivity index (χ4v) is 6.30. The van der Waals surface area contributed by atoms with Crippen LogP contribution in [0.3, 0.4) is 0 Å². The van der Waals surface area contributed by atoms with Gasteiger partial charge in [-0.05, 0) is 52.9 Å². The number of hydrogen-bond donors (Lipinski definition) is 4. The van der Waals surface area contributed by atoms with Gasteiger partial charge in [0.15, 0.2) is 0 Å². The second-order valence-electron chi connectivity index (χ2n) is 11.7. The van der Waals surface area contributed by atoms with E-state index >= 15 is 0 Å². The highest BCUT2D eigenvalue weighted by atomic mass is 32.2. The van der Waals surface area contributed by atoms with Crippen molar-refractivity contribution in [2.45, 2.75) is 93.9 Å². The van der Waals surface area contributed by atoms with E-state index in [9.17, 15) is 32.7 Å². The van der Waals surface area contributed by atoms with Crippen LogP contribution in [-0.2, 0) is 33.9 Å². The van der Waals surface area contributed by atoms with Gasteiger partial charge in [0.25, 0.3) is 5.91 Å². The van der Waals surface area contributed by atoms with Gasteiger partial charge in [0, 0.05) is 25.5 Å². The average Bonchev–Trinajstić information content (AvgIpc) is 3.73. The number of ether oxygens (including phenoxy) is 2. The minimum Gasteiger partial charge on any atom is -0.444 e. The Morgan fingerprint density at radius 1 is 1.23 bits per heavy atom. The largest absolute Gasteiger partial charge is 0.444 e. The lowest BCUT2D eigenvalue weighted by Crippen LogP contribution is -2.58. The van der Waals surface area contributed by atoms with E-state index in [1.54, 1.807) is 32.9 Å². The molecule has 4 N–H and O–H groups in total. The Bertz CT molecular complexity index is 1130. The van der Waals surface area contributed by atoms with Crippen LogP contribution in [0.4, 0.5) is 4.79 Å². The lowest BCUT2D eigenvalue weighted by atomic mass is 10.1. The van der Waals surface area contributed by atoms with E-state index in [2.05, 4.69) is 15.4 Å². The van der Waals surface area contributed by atoms with E-state index in [0.717, 1.165) is 0 Å². The molecule has 0 aromatic carbocycles. The summed E-state index contributed by atoms with van der Waals surface area (Å²) in [6, 6.07) is -2.16. The number of alkyl carbamates (subject to hydrolysis) is 1. The number of aliphatic hydroxyl groups excluding tert-OH is 1. The predicted molar refractivity (Wildman–Crippen MR) is 138 cm³/mol. The van der Waals surface area contributed by atoms with Crippen molar-refractivity contribution in [1.82, 2.24) is 20.3 Å². The van der Waals surface area contributed by atoms with Gasteiger partial charge in [-0.3, -0.25) is 19.1 Å². The van der Waals surface area contributed by atoms with Crippen LogP contribution in [0.1, 0.15) is 59.3 Å². The molecule has 4 aliphatic rings. The molecule has 14 heteroatoms. The molecule has 0 aromatic heterocycles. The molecule has 39 heavy (non-hydrogen) atoms. The van der Waals surface area contributed by atoms with Crippen molar-refractivity contribution in [3.05, 3.63) is 12.2 Å². The van der Waals surface area contributed by atoms with E-state index < -0.39 is 74.3 Å². The molecule has 2 saturated carbocycles. The molecule has 2 aliphatic heterocycles. The van der Waals surface area contributed by atoms with Crippen molar-refractivity contribution < 1.29 is 42.2 Å². The third-order valence-electron chi connectivity index (χ3n) is 7.18. The third kappa shape index (κ3) is 7.09. The molecule has 5 atom stereocenters. The maximum absolute atomic E-state index is 13.6. The second kappa shape index (κ2) is 11.0. The Balaban J connectivity index is 1.57. The molecule has 0 aromatic rings. The van der Waals surface area contributed by atoms with Crippen molar-refractivity contribution in [1.29, 1.82) is 0 Å². The number of sulfonamides is 1. The van der Waals surface area contributed by atoms with Crippen LogP contribution in [0.25, 0.3) is 0 Å². The van der Waals surface area contributed by atoms with Crippen molar-refractivity contribution in [2.24, 2.45) is 5.92 Å². The van der Waals surface area contributed by atoms with Gasteiger partial charge in [-0.2, -0.15) is 0 Å². The standard InChI is InChI=1S/C25H38N4O9S/c1-24(2,3)38-23(34)26-18-7-5-11-37-10-4-6-15-13-25(15,22(33)28-39(35,36)17-8-9-17)27-20(31)19-12-16(30)14-29(19)21(18)32/h4,6,15-19,30H,5,7-14H2,1-3H3,(H,26,34)(H,27,31)(H,28,33)/b6-4-/t15-,16+,18-,19-,25+/m0/s1. The Morgan fingerprint density at radius 2 is 1.95 bits per heavy atom. The Labute approximate surface area is 228 Å². The number of nitrogens with one attached hydrogen (secondary N) is 3. The van der Waals surface area contributed by atoms with Gasteiger partial charge < -0.3 is 30.1 Å². The van der Waals surface area contributed by atoms with Crippen molar-refractivity contribution in [2.75, 3.05) is 19.8 Å². The normalized spacial score (nSPS) is 33.0. The number of amides is 4. The van der Waals surface area contributed by atoms with Crippen molar-refractivity contribution >= 4 is 33.8 Å². The van der Waals surface area contributed by atoms with Crippen LogP contribution >= 0.6 is 0 Å². The highest BCUT2D eigenvalue weighted by Crippen LogP contribution is 2.46. The first-order valence-corrected chi connectivity index (χ1v) is 14.9. The number of aliphatic hydroxyl groups is 1. The fourth-order valence-electron chi connectivity index (χ4n) is 4.94. The highest BCUT2D eigenvalue weighted by Gasteiger charge is 2.62. The van der Waals surface area contributed by atoms with Crippen LogP contribution in [-0.4, -0.2) is 96.6 Å². The maximum Gasteiger partial charge on any atom is 0.408 e. The number of carbonyl (C=O) groups excluding carboxylic acids is 4. The highest BCUT2D eigenvalue weighted by molar-refractivity contribution is 7.91. The summed E-state index contributed by atoms with van der Waals surface area (Å²) in [5, 5.41) is 15.0. The zero-order valence-corrected chi connectivity index (χ0v) is 23.3. The molecular formula is C25H38N4O9S. The van der Waals surface area contributed by atoms with Crippen LogP contribution in [0.2, 0.25) is 0 Å². The first-order chi connectivity index (χ1) is 18.2. The molecule has 0 spiro atoms. The summed E-state index contributed by atoms with van der Waals surface area (Å²) >= 11 is 0. The van der Waals surface area contributed by atoms with Crippen LogP contribution in [0.15, 0.2) is 12.2 Å². The molecule has 13 nitrogen and oxygen atoms in total. The number of carbonyl (C=O) groups is 4. The van der Waals surface area contributed by atoms with E-state index in [0.29, 0.717) is 19.3 Å². The molecule has 0 unspecified atom stereocenters. The van der Waals surface area contributed by atoms with Gasteiger partial charge in [-0.25, -0.2) is 13.2 Å². The fraction of sp³-hybridized carbons (Fsp3) is 0.760. The van der Waals surface area contributed by atoms with E-state index in [1.165, 1.54) is 4.90 Å². The maximum atomic E-state index is 13.6. The van der Waals surface area contributed by atoms with Gasteiger partial charge in [0.2, 0.25) is 21.8 Å². The summed E-state index contributed by atoms with van der Waals surface area (Å²) in [6.45, 7) is 5.42. The number of nitrogens with zero attached hydrogens (tertiary/aromatic N) is 1. The Kier molecular flexibility index (Phi) is 8.29. The Morgan fingerprint density at radius 3 is 2.62 bits per heavy atom. The van der Waals surface area contributed by atoms with Crippen LogP contribution in [0, 0.1) is 5.92 Å². The van der Waals surface area contributed by atoms with Gasteiger partial charge in [-0.15, -0.1) is 0 Å². The quantitative estimate of drug-likeness (QED) is 0.330. The van der Waals surface area contributed by atoms with Crippen LogP contribution < -0.4 is 15.4 Å². The smallest absolute Gasteiger partial charge is 0.408 e. The average molecular weight is 571 g/mol. The molecular weight excluding hydrogens is 532 g/mol. The topological polar surface area (TPSA) is 180 Å². The molecule has 218 valence electrons. The van der Waals surface area contributed by atoms with E-state index in [-0.39, 0.29) is 39.0 Å². The first kappa shape index (κ1) is 29.3. The Hall–Kier alpha value is -2.71. The summed E-state index contributed by atoms with van der Waals surface area (Å²) in [4.78, 5) is 54.0. The summed E-state index contributed by atoms with van der Waals surface area (Å²) in [7, 11) is -3.85. The van der Waals surface area contributed by atoms with Gasteiger partial charge >= 0.3 is 6.09 Å². The summed E-state index contributed by atoms with van der Waals surface area (Å²) in [5.74, 6) is -2.56. The molecule has 0 radical (unpaired) electrons. The summed E-state index contributed by atoms with van der Waals surface area (Å²) in [5.41, 5.74) is -2.30. The van der Waals surface area contributed by atoms with Gasteiger partial charge in [0.1, 0.15) is 23.2 Å². The van der Waals surface area contributed by atoms with Crippen LogP contribution in [0.5, 0.6) is 0 Å². The lowest BCUT2D eigenvalue weighted by molar-refractivity contribution is -0.141. The zero-order valence-electron chi connectivity index (χ0n) is 22.5. The van der Waals surface area contributed by atoms with Gasteiger partial charge in [-0.1, -0.05) is 12.2 Å². The SMILES string of the molecule is CC(C)(C)OC(=O)N[C@H]1CCCOC/C=C\[C@H]2C[C@@]2(C(=O)NS(=O)(=O)C2CC2)NC(=O)[C@@H]2C[C@@H](O)CN2C1=O. The number of rotatable bonds is 4. The molecule has 4 amide bonds. The third-order valence-corrected chi connectivity index (χ3v) is 9.00. The van der Waals surface area contributed by atoms with Crippen molar-refractivity contribution in [3.8, 4) is 0 Å².